The molecule has 0 aliphatic carbocycles. The second kappa shape index (κ2) is 12.1. The number of amides is 1. The first-order valence-corrected chi connectivity index (χ1v) is 9.17. The van der Waals surface area contributed by atoms with Gasteiger partial charge in [0.1, 0.15) is 5.82 Å². The van der Waals surface area contributed by atoms with Crippen molar-refractivity contribution in [2.75, 3.05) is 19.6 Å². The zero-order chi connectivity index (χ0) is 18.1. The van der Waals surface area contributed by atoms with Crippen LogP contribution in [0.3, 0.4) is 0 Å². The van der Waals surface area contributed by atoms with Gasteiger partial charge < -0.3 is 15.5 Å². The first-order valence-electron chi connectivity index (χ1n) is 9.17. The minimum atomic E-state index is -0.253. The van der Waals surface area contributed by atoms with Crippen LogP contribution in [-0.4, -0.2) is 42.4 Å². The molecule has 1 aliphatic heterocycles. The van der Waals surface area contributed by atoms with Crippen LogP contribution >= 0.6 is 24.0 Å². The molecule has 1 aromatic carbocycles. The maximum atomic E-state index is 13.7. The SMILES string of the molecule is CCNC(=NCc1ccccc1F)NCCC(=O)N1CCCCC1C.I. The summed E-state index contributed by atoms with van der Waals surface area (Å²) in [6.45, 7) is 6.44. The van der Waals surface area contributed by atoms with E-state index in [2.05, 4.69) is 22.5 Å². The summed E-state index contributed by atoms with van der Waals surface area (Å²) in [6, 6.07) is 6.96. The third kappa shape index (κ3) is 7.09. The predicted molar refractivity (Wildman–Crippen MR) is 114 cm³/mol. The van der Waals surface area contributed by atoms with Crippen molar-refractivity contribution in [1.29, 1.82) is 0 Å². The van der Waals surface area contributed by atoms with Gasteiger partial charge in [0.15, 0.2) is 5.96 Å². The molecule has 0 bridgehead atoms. The fraction of sp³-hybridized carbons (Fsp3) is 0.579. The minimum Gasteiger partial charge on any atom is -0.357 e. The van der Waals surface area contributed by atoms with E-state index in [0.29, 0.717) is 37.1 Å². The second-order valence-electron chi connectivity index (χ2n) is 6.40. The van der Waals surface area contributed by atoms with Crippen LogP contribution in [0.4, 0.5) is 4.39 Å². The minimum absolute atomic E-state index is 0. The molecule has 2 rings (SSSR count). The van der Waals surface area contributed by atoms with Gasteiger partial charge in [-0.2, -0.15) is 0 Å². The number of nitrogens with one attached hydrogen (secondary N) is 2. The van der Waals surface area contributed by atoms with E-state index in [0.717, 1.165) is 19.4 Å². The van der Waals surface area contributed by atoms with Crippen molar-refractivity contribution in [3.63, 3.8) is 0 Å². The number of nitrogens with zero attached hydrogens (tertiary/aromatic N) is 2. The van der Waals surface area contributed by atoms with Gasteiger partial charge in [0.2, 0.25) is 5.91 Å². The van der Waals surface area contributed by atoms with Gasteiger partial charge in [-0.05, 0) is 39.2 Å². The molecule has 0 spiro atoms. The molecule has 26 heavy (non-hydrogen) atoms. The number of benzene rings is 1. The Morgan fingerprint density at radius 3 is 2.77 bits per heavy atom. The van der Waals surface area contributed by atoms with Crippen molar-refractivity contribution in [3.05, 3.63) is 35.6 Å². The predicted octanol–water partition coefficient (Wildman–Crippen LogP) is 3.29. The quantitative estimate of drug-likeness (QED) is 0.377. The number of halogens is 2. The molecule has 7 heteroatoms. The van der Waals surface area contributed by atoms with Crippen molar-refractivity contribution in [2.24, 2.45) is 4.99 Å². The molecule has 1 unspecified atom stereocenters. The van der Waals surface area contributed by atoms with Crippen molar-refractivity contribution in [3.8, 4) is 0 Å². The number of guanidine groups is 1. The van der Waals surface area contributed by atoms with Gasteiger partial charge in [0.25, 0.3) is 0 Å². The van der Waals surface area contributed by atoms with E-state index in [1.807, 2.05) is 11.8 Å². The highest BCUT2D eigenvalue weighted by Crippen LogP contribution is 2.17. The van der Waals surface area contributed by atoms with Crippen molar-refractivity contribution < 1.29 is 9.18 Å². The van der Waals surface area contributed by atoms with Crippen LogP contribution in [0.25, 0.3) is 0 Å². The Balaban J connectivity index is 0.00000338. The molecule has 1 fully saturated rings. The van der Waals surface area contributed by atoms with E-state index in [4.69, 9.17) is 0 Å². The van der Waals surface area contributed by atoms with Crippen molar-refractivity contribution in [2.45, 2.75) is 52.1 Å². The summed E-state index contributed by atoms with van der Waals surface area (Å²) in [6.07, 6.45) is 3.83. The standard InChI is InChI=1S/C19H29FN4O.HI/c1-3-21-19(23-14-16-9-4-5-10-17(16)20)22-12-11-18(25)24-13-7-6-8-15(24)2;/h4-5,9-10,15H,3,6-8,11-14H2,1-2H3,(H2,21,22,23);1H. The van der Waals surface area contributed by atoms with Crippen LogP contribution in [-0.2, 0) is 11.3 Å². The number of carbonyl (C=O) groups excluding carboxylic acids is 1. The zero-order valence-corrected chi connectivity index (χ0v) is 18.0. The number of likely N-dealkylation sites (tertiary alicyclic amines) is 1. The Labute approximate surface area is 172 Å². The number of hydrogen-bond acceptors (Lipinski definition) is 2. The summed E-state index contributed by atoms with van der Waals surface area (Å²) in [4.78, 5) is 18.7. The van der Waals surface area contributed by atoms with Crippen LogP contribution in [0.1, 0.15) is 45.1 Å². The highest BCUT2D eigenvalue weighted by molar-refractivity contribution is 14.0. The fourth-order valence-corrected chi connectivity index (χ4v) is 3.03. The van der Waals surface area contributed by atoms with E-state index < -0.39 is 0 Å². The molecular weight excluding hydrogens is 446 g/mol. The monoisotopic (exact) mass is 476 g/mol. The number of carbonyl (C=O) groups is 1. The van der Waals surface area contributed by atoms with Crippen molar-refractivity contribution in [1.82, 2.24) is 15.5 Å². The van der Waals surface area contributed by atoms with Gasteiger partial charge in [-0.25, -0.2) is 9.38 Å². The van der Waals surface area contributed by atoms with Gasteiger partial charge in [0, 0.05) is 37.7 Å². The van der Waals surface area contributed by atoms with Crippen LogP contribution in [0.2, 0.25) is 0 Å². The summed E-state index contributed by atoms with van der Waals surface area (Å²) in [5.74, 6) is 0.534. The normalized spacial score (nSPS) is 17.4. The van der Waals surface area contributed by atoms with Gasteiger partial charge in [-0.3, -0.25) is 4.79 Å². The number of hydrogen-bond donors (Lipinski definition) is 2. The lowest BCUT2D eigenvalue weighted by atomic mass is 10.0. The molecule has 1 atom stereocenters. The van der Waals surface area contributed by atoms with E-state index >= 15 is 0 Å². The highest BCUT2D eigenvalue weighted by Gasteiger charge is 2.22. The van der Waals surface area contributed by atoms with Gasteiger partial charge in [-0.1, -0.05) is 18.2 Å². The third-order valence-corrected chi connectivity index (χ3v) is 4.46. The molecule has 1 heterocycles. The van der Waals surface area contributed by atoms with E-state index in [1.165, 1.54) is 12.5 Å². The molecule has 1 saturated heterocycles. The van der Waals surface area contributed by atoms with Crippen LogP contribution < -0.4 is 10.6 Å². The number of rotatable bonds is 6. The van der Waals surface area contributed by atoms with E-state index in [-0.39, 0.29) is 42.2 Å². The highest BCUT2D eigenvalue weighted by atomic mass is 127. The average Bonchev–Trinajstić information content (AvgIpc) is 2.61. The van der Waals surface area contributed by atoms with Gasteiger partial charge in [-0.15, -0.1) is 24.0 Å². The van der Waals surface area contributed by atoms with Crippen LogP contribution in [0, 0.1) is 5.82 Å². The van der Waals surface area contributed by atoms with Gasteiger partial charge in [0.05, 0.1) is 6.54 Å². The fourth-order valence-electron chi connectivity index (χ4n) is 3.03. The summed E-state index contributed by atoms with van der Waals surface area (Å²) >= 11 is 0. The number of piperidine rings is 1. The largest absolute Gasteiger partial charge is 0.357 e. The third-order valence-electron chi connectivity index (χ3n) is 4.46. The maximum absolute atomic E-state index is 13.7. The average molecular weight is 476 g/mol. The van der Waals surface area contributed by atoms with Crippen LogP contribution in [0.15, 0.2) is 29.3 Å². The zero-order valence-electron chi connectivity index (χ0n) is 15.6. The second-order valence-corrected chi connectivity index (χ2v) is 6.40. The first kappa shape index (κ1) is 22.7. The van der Waals surface area contributed by atoms with Gasteiger partial charge >= 0.3 is 0 Å². The lowest BCUT2D eigenvalue weighted by molar-refractivity contribution is -0.134. The molecule has 1 aliphatic rings. The molecule has 1 amide bonds. The lowest BCUT2D eigenvalue weighted by Gasteiger charge is -2.33. The lowest BCUT2D eigenvalue weighted by Crippen LogP contribution is -2.44. The Kier molecular flexibility index (Phi) is 10.5. The summed E-state index contributed by atoms with van der Waals surface area (Å²) in [7, 11) is 0. The molecule has 1 aromatic rings. The maximum Gasteiger partial charge on any atom is 0.224 e. The van der Waals surface area contributed by atoms with E-state index in [9.17, 15) is 9.18 Å². The Morgan fingerprint density at radius 2 is 2.08 bits per heavy atom. The summed E-state index contributed by atoms with van der Waals surface area (Å²) < 4.78 is 13.7. The Hall–Kier alpha value is -1.38. The number of aliphatic imine (C=N–C) groups is 1. The molecule has 0 saturated carbocycles. The first-order chi connectivity index (χ1) is 12.1. The molecule has 0 radical (unpaired) electrons. The molecule has 0 aromatic heterocycles. The summed E-state index contributed by atoms with van der Waals surface area (Å²) in [5, 5.41) is 6.29. The molecule has 2 N–H and O–H groups in total. The Morgan fingerprint density at radius 1 is 1.31 bits per heavy atom. The molecular formula is C19H30FIN4O. The topological polar surface area (TPSA) is 56.7 Å². The summed E-state index contributed by atoms with van der Waals surface area (Å²) in [5.41, 5.74) is 0.554. The molecule has 146 valence electrons. The molecule has 5 nitrogen and oxygen atoms in total. The van der Waals surface area contributed by atoms with E-state index in [1.54, 1.807) is 18.2 Å². The smallest absolute Gasteiger partial charge is 0.224 e. The Bertz CT molecular complexity index is 597. The van der Waals surface area contributed by atoms with Crippen molar-refractivity contribution >= 4 is 35.8 Å². The van der Waals surface area contributed by atoms with Crippen LogP contribution in [0.5, 0.6) is 0 Å².